The standard InChI is InChI=1S/C13H23NO2/c1-2-14-8-9-16-12(10-14)13(15)11-6-4-3-5-7-11/h11-12H,2-10H2,1H3. The molecule has 1 unspecified atom stereocenters. The lowest BCUT2D eigenvalue weighted by molar-refractivity contribution is -0.141. The predicted molar refractivity (Wildman–Crippen MR) is 63.4 cm³/mol. The first kappa shape index (κ1) is 12.1. The van der Waals surface area contributed by atoms with Crippen LogP contribution in [0.25, 0.3) is 0 Å². The Labute approximate surface area is 98.1 Å². The van der Waals surface area contributed by atoms with Gasteiger partial charge in [0.05, 0.1) is 6.61 Å². The fourth-order valence-electron chi connectivity index (χ4n) is 2.81. The second-order valence-corrected chi connectivity index (χ2v) is 4.99. The summed E-state index contributed by atoms with van der Waals surface area (Å²) < 4.78 is 5.63. The quantitative estimate of drug-likeness (QED) is 0.734. The smallest absolute Gasteiger partial charge is 0.165 e. The Bertz CT molecular complexity index is 236. The van der Waals surface area contributed by atoms with E-state index in [2.05, 4.69) is 11.8 Å². The zero-order valence-electron chi connectivity index (χ0n) is 10.3. The lowest BCUT2D eigenvalue weighted by Gasteiger charge is -2.33. The van der Waals surface area contributed by atoms with Crippen molar-refractivity contribution in [1.82, 2.24) is 4.90 Å². The third kappa shape index (κ3) is 2.83. The minimum absolute atomic E-state index is 0.142. The van der Waals surface area contributed by atoms with E-state index in [1.807, 2.05) is 0 Å². The molecule has 16 heavy (non-hydrogen) atoms. The molecule has 1 saturated carbocycles. The highest BCUT2D eigenvalue weighted by Crippen LogP contribution is 2.26. The van der Waals surface area contributed by atoms with Crippen LogP contribution in [0, 0.1) is 5.92 Å². The van der Waals surface area contributed by atoms with Gasteiger partial charge in [0.25, 0.3) is 0 Å². The van der Waals surface area contributed by atoms with Crippen molar-refractivity contribution in [3.8, 4) is 0 Å². The van der Waals surface area contributed by atoms with Crippen LogP contribution in [-0.4, -0.2) is 43.0 Å². The Morgan fingerprint density at radius 3 is 2.75 bits per heavy atom. The number of ether oxygens (including phenoxy) is 1. The monoisotopic (exact) mass is 225 g/mol. The van der Waals surface area contributed by atoms with Crippen molar-refractivity contribution >= 4 is 5.78 Å². The first-order valence-corrected chi connectivity index (χ1v) is 6.69. The summed E-state index contributed by atoms with van der Waals surface area (Å²) in [6.07, 6.45) is 5.78. The summed E-state index contributed by atoms with van der Waals surface area (Å²) in [6.45, 7) is 5.68. The number of carbonyl (C=O) groups excluding carboxylic acids is 1. The molecule has 0 aromatic heterocycles. The molecular weight excluding hydrogens is 202 g/mol. The first-order valence-electron chi connectivity index (χ1n) is 6.69. The first-order chi connectivity index (χ1) is 7.81. The zero-order valence-corrected chi connectivity index (χ0v) is 10.3. The van der Waals surface area contributed by atoms with Crippen LogP contribution in [0.2, 0.25) is 0 Å². The van der Waals surface area contributed by atoms with Crippen molar-refractivity contribution in [2.45, 2.75) is 45.1 Å². The lowest BCUT2D eigenvalue weighted by Crippen LogP contribution is -2.47. The van der Waals surface area contributed by atoms with Crippen molar-refractivity contribution in [3.05, 3.63) is 0 Å². The van der Waals surface area contributed by atoms with Crippen LogP contribution in [0.5, 0.6) is 0 Å². The van der Waals surface area contributed by atoms with E-state index in [9.17, 15) is 4.79 Å². The minimum atomic E-state index is -0.142. The highest BCUT2D eigenvalue weighted by atomic mass is 16.5. The van der Waals surface area contributed by atoms with Gasteiger partial charge in [-0.15, -0.1) is 0 Å². The Balaban J connectivity index is 1.87. The van der Waals surface area contributed by atoms with Crippen molar-refractivity contribution in [2.75, 3.05) is 26.2 Å². The largest absolute Gasteiger partial charge is 0.368 e. The van der Waals surface area contributed by atoms with Crippen LogP contribution < -0.4 is 0 Å². The zero-order chi connectivity index (χ0) is 11.4. The molecule has 0 spiro atoms. The van der Waals surface area contributed by atoms with E-state index in [0.717, 1.165) is 39.1 Å². The van der Waals surface area contributed by atoms with Gasteiger partial charge in [0.1, 0.15) is 6.10 Å². The molecule has 0 bridgehead atoms. The highest BCUT2D eigenvalue weighted by molar-refractivity contribution is 5.85. The summed E-state index contributed by atoms with van der Waals surface area (Å²) in [6, 6.07) is 0. The van der Waals surface area contributed by atoms with E-state index in [4.69, 9.17) is 4.74 Å². The van der Waals surface area contributed by atoms with Crippen molar-refractivity contribution in [3.63, 3.8) is 0 Å². The molecule has 2 rings (SSSR count). The maximum absolute atomic E-state index is 12.3. The molecule has 92 valence electrons. The van der Waals surface area contributed by atoms with Gasteiger partial charge in [0.15, 0.2) is 5.78 Å². The van der Waals surface area contributed by atoms with Crippen LogP contribution in [-0.2, 0) is 9.53 Å². The van der Waals surface area contributed by atoms with Crippen LogP contribution in [0.1, 0.15) is 39.0 Å². The summed E-state index contributed by atoms with van der Waals surface area (Å²) >= 11 is 0. The molecule has 2 aliphatic rings. The van der Waals surface area contributed by atoms with Gasteiger partial charge in [0, 0.05) is 19.0 Å². The maximum Gasteiger partial charge on any atom is 0.165 e. The van der Waals surface area contributed by atoms with Gasteiger partial charge in [-0.2, -0.15) is 0 Å². The van der Waals surface area contributed by atoms with E-state index in [-0.39, 0.29) is 12.0 Å². The second-order valence-electron chi connectivity index (χ2n) is 4.99. The van der Waals surface area contributed by atoms with Crippen LogP contribution >= 0.6 is 0 Å². The minimum Gasteiger partial charge on any atom is -0.368 e. The summed E-state index contributed by atoms with van der Waals surface area (Å²) in [4.78, 5) is 14.6. The van der Waals surface area contributed by atoms with Gasteiger partial charge >= 0.3 is 0 Å². The van der Waals surface area contributed by atoms with Crippen LogP contribution in [0.4, 0.5) is 0 Å². The fraction of sp³-hybridized carbons (Fsp3) is 0.923. The molecule has 0 aromatic rings. The SMILES string of the molecule is CCN1CCOC(C(=O)C2CCCCC2)C1. The van der Waals surface area contributed by atoms with Gasteiger partial charge in [-0.05, 0) is 19.4 Å². The van der Waals surface area contributed by atoms with E-state index in [1.54, 1.807) is 0 Å². The predicted octanol–water partition coefficient (Wildman–Crippen LogP) is 1.86. The van der Waals surface area contributed by atoms with Gasteiger partial charge in [-0.1, -0.05) is 26.2 Å². The Kier molecular flexibility index (Phi) is 4.36. The molecule has 1 saturated heterocycles. The number of nitrogens with zero attached hydrogens (tertiary/aromatic N) is 1. The molecule has 3 nitrogen and oxygen atoms in total. The Morgan fingerprint density at radius 2 is 2.06 bits per heavy atom. The van der Waals surface area contributed by atoms with Gasteiger partial charge in [-0.25, -0.2) is 0 Å². The van der Waals surface area contributed by atoms with E-state index in [0.29, 0.717) is 5.78 Å². The summed E-state index contributed by atoms with van der Waals surface area (Å²) in [7, 11) is 0. The van der Waals surface area contributed by atoms with Gasteiger partial charge in [0.2, 0.25) is 0 Å². The van der Waals surface area contributed by atoms with Gasteiger partial charge < -0.3 is 4.74 Å². The summed E-state index contributed by atoms with van der Waals surface area (Å²) in [5, 5.41) is 0. The maximum atomic E-state index is 12.3. The number of hydrogen-bond donors (Lipinski definition) is 0. The molecule has 2 fully saturated rings. The van der Waals surface area contributed by atoms with E-state index in [1.165, 1.54) is 19.3 Å². The third-order valence-electron chi connectivity index (χ3n) is 3.92. The highest BCUT2D eigenvalue weighted by Gasteiger charge is 2.31. The van der Waals surface area contributed by atoms with Crippen molar-refractivity contribution in [1.29, 1.82) is 0 Å². The topological polar surface area (TPSA) is 29.5 Å². The van der Waals surface area contributed by atoms with E-state index < -0.39 is 0 Å². The van der Waals surface area contributed by atoms with E-state index >= 15 is 0 Å². The molecule has 1 aliphatic carbocycles. The molecule has 1 aliphatic heterocycles. The van der Waals surface area contributed by atoms with Crippen molar-refractivity contribution < 1.29 is 9.53 Å². The number of hydrogen-bond acceptors (Lipinski definition) is 3. The molecule has 0 radical (unpaired) electrons. The second kappa shape index (κ2) is 5.78. The number of Topliss-reactive ketones (excluding diaryl/α,β-unsaturated/α-hetero) is 1. The Morgan fingerprint density at radius 1 is 1.31 bits per heavy atom. The summed E-state index contributed by atoms with van der Waals surface area (Å²) in [5.41, 5.74) is 0. The average Bonchev–Trinajstić information content (AvgIpc) is 2.39. The number of carbonyl (C=O) groups is 1. The van der Waals surface area contributed by atoms with Crippen LogP contribution in [0.15, 0.2) is 0 Å². The van der Waals surface area contributed by atoms with Gasteiger partial charge in [-0.3, -0.25) is 9.69 Å². The summed E-state index contributed by atoms with van der Waals surface area (Å²) in [5.74, 6) is 0.661. The van der Waals surface area contributed by atoms with Crippen LogP contribution in [0.3, 0.4) is 0 Å². The fourth-order valence-corrected chi connectivity index (χ4v) is 2.81. The molecule has 3 heteroatoms. The molecule has 1 heterocycles. The Hall–Kier alpha value is -0.410. The normalized spacial score (nSPS) is 29.2. The van der Waals surface area contributed by atoms with Crippen molar-refractivity contribution in [2.24, 2.45) is 5.92 Å². The molecule has 0 aromatic carbocycles. The molecule has 0 N–H and O–H groups in total. The molecule has 0 amide bonds. The molecular formula is C13H23NO2. The average molecular weight is 225 g/mol. The lowest BCUT2D eigenvalue weighted by atomic mass is 9.84. The number of ketones is 1. The third-order valence-corrected chi connectivity index (χ3v) is 3.92. The number of rotatable bonds is 3. The number of likely N-dealkylation sites (N-methyl/N-ethyl adjacent to an activating group) is 1. The number of morpholine rings is 1. The molecule has 1 atom stereocenters.